The molecule has 0 aliphatic heterocycles. The number of hydrogen-bond donors (Lipinski definition) is 0. The summed E-state index contributed by atoms with van der Waals surface area (Å²) < 4.78 is 15.8. The molecule has 2 aromatic carbocycles. The van der Waals surface area contributed by atoms with Crippen molar-refractivity contribution in [1.82, 2.24) is 0 Å². The summed E-state index contributed by atoms with van der Waals surface area (Å²) in [6.07, 6.45) is 10.4. The van der Waals surface area contributed by atoms with E-state index < -0.39 is 0 Å². The number of ether oxygens (including phenoxy) is 2. The second-order valence-electron chi connectivity index (χ2n) is 8.44. The van der Waals surface area contributed by atoms with Gasteiger partial charge in [0.05, 0.1) is 13.2 Å². The standard InChI is InChI=1S/C30H34N2O2/c1-3-7-27(8-4-1)25-29-11-15-31(16-12-29)19-21-33-23-24-34-22-20-32-17-13-30(14-18-32)26-28-9-5-2-6-10-28/h1-18H,19-26H2/q+2. The molecule has 0 saturated carbocycles. The summed E-state index contributed by atoms with van der Waals surface area (Å²) in [7, 11) is 0. The Balaban J connectivity index is 1.05. The van der Waals surface area contributed by atoms with Gasteiger partial charge < -0.3 is 9.47 Å². The minimum atomic E-state index is 0.618. The fourth-order valence-corrected chi connectivity index (χ4v) is 3.84. The molecule has 0 atom stereocenters. The second-order valence-corrected chi connectivity index (χ2v) is 8.44. The molecule has 0 amide bonds. The van der Waals surface area contributed by atoms with Crippen molar-refractivity contribution in [2.24, 2.45) is 0 Å². The Morgan fingerprint density at radius 2 is 0.765 bits per heavy atom. The predicted molar refractivity (Wildman–Crippen MR) is 133 cm³/mol. The fourth-order valence-electron chi connectivity index (χ4n) is 3.84. The molecule has 0 aliphatic rings. The van der Waals surface area contributed by atoms with Crippen molar-refractivity contribution in [2.75, 3.05) is 26.4 Å². The number of pyridine rings is 2. The van der Waals surface area contributed by atoms with Crippen molar-refractivity contribution in [2.45, 2.75) is 25.9 Å². The molecule has 0 aliphatic carbocycles. The van der Waals surface area contributed by atoms with E-state index in [1.54, 1.807) is 0 Å². The maximum Gasteiger partial charge on any atom is 0.171 e. The van der Waals surface area contributed by atoms with Gasteiger partial charge in [-0.25, -0.2) is 9.13 Å². The van der Waals surface area contributed by atoms with Crippen LogP contribution in [0.3, 0.4) is 0 Å². The maximum atomic E-state index is 5.74. The summed E-state index contributed by atoms with van der Waals surface area (Å²) >= 11 is 0. The molecule has 0 N–H and O–H groups in total. The third-order valence-corrected chi connectivity index (χ3v) is 5.78. The smallest absolute Gasteiger partial charge is 0.171 e. The van der Waals surface area contributed by atoms with Crippen LogP contribution >= 0.6 is 0 Å². The van der Waals surface area contributed by atoms with Gasteiger partial charge in [-0.05, 0) is 35.1 Å². The quantitative estimate of drug-likeness (QED) is 0.224. The van der Waals surface area contributed by atoms with Crippen LogP contribution in [0.15, 0.2) is 110 Å². The molecular formula is C30H34N2O2+2. The molecule has 2 heterocycles. The van der Waals surface area contributed by atoms with E-state index in [1.807, 2.05) is 0 Å². The highest BCUT2D eigenvalue weighted by Gasteiger charge is 2.04. The summed E-state index contributed by atoms with van der Waals surface area (Å²) in [6.45, 7) is 4.29. The van der Waals surface area contributed by atoms with Crippen LogP contribution in [0.4, 0.5) is 0 Å². The lowest BCUT2D eigenvalue weighted by molar-refractivity contribution is -0.699. The van der Waals surface area contributed by atoms with Crippen molar-refractivity contribution < 1.29 is 18.6 Å². The topological polar surface area (TPSA) is 26.2 Å². The van der Waals surface area contributed by atoms with Crippen molar-refractivity contribution in [3.63, 3.8) is 0 Å². The first-order valence-electron chi connectivity index (χ1n) is 12.0. The zero-order chi connectivity index (χ0) is 23.3. The number of nitrogens with zero attached hydrogens (tertiary/aromatic N) is 2. The van der Waals surface area contributed by atoms with Gasteiger partial charge in [-0.2, -0.15) is 0 Å². The molecule has 0 radical (unpaired) electrons. The predicted octanol–water partition coefficient (Wildman–Crippen LogP) is 4.18. The van der Waals surface area contributed by atoms with E-state index in [9.17, 15) is 0 Å². The van der Waals surface area contributed by atoms with Gasteiger partial charge in [-0.1, -0.05) is 60.7 Å². The third-order valence-electron chi connectivity index (χ3n) is 5.78. The van der Waals surface area contributed by atoms with Gasteiger partial charge in [-0.3, -0.25) is 0 Å². The number of benzene rings is 2. The highest BCUT2D eigenvalue weighted by molar-refractivity contribution is 5.24. The van der Waals surface area contributed by atoms with Gasteiger partial charge >= 0.3 is 0 Å². The molecule has 0 saturated heterocycles. The lowest BCUT2D eigenvalue weighted by Crippen LogP contribution is -2.36. The Hall–Kier alpha value is -3.34. The van der Waals surface area contributed by atoms with Crippen LogP contribution in [0.2, 0.25) is 0 Å². The Labute approximate surface area is 203 Å². The molecule has 0 bridgehead atoms. The molecule has 0 fully saturated rings. The monoisotopic (exact) mass is 454 g/mol. The largest absolute Gasteiger partial charge is 0.372 e. The van der Waals surface area contributed by atoms with Gasteiger partial charge in [0.2, 0.25) is 0 Å². The van der Waals surface area contributed by atoms with Crippen LogP contribution in [0.5, 0.6) is 0 Å². The van der Waals surface area contributed by atoms with E-state index in [-0.39, 0.29) is 0 Å². The van der Waals surface area contributed by atoms with Crippen LogP contribution in [0.1, 0.15) is 22.3 Å². The lowest BCUT2D eigenvalue weighted by Gasteiger charge is -2.05. The first kappa shape index (κ1) is 23.8. The van der Waals surface area contributed by atoms with Crippen LogP contribution in [-0.2, 0) is 35.4 Å². The van der Waals surface area contributed by atoms with Crippen LogP contribution < -0.4 is 9.13 Å². The number of rotatable bonds is 13. The average molecular weight is 455 g/mol. The minimum Gasteiger partial charge on any atom is -0.372 e. The Kier molecular flexibility index (Phi) is 9.37. The molecule has 34 heavy (non-hydrogen) atoms. The van der Waals surface area contributed by atoms with E-state index in [0.717, 1.165) is 25.9 Å². The highest BCUT2D eigenvalue weighted by atomic mass is 16.5. The molecule has 0 unspecified atom stereocenters. The Morgan fingerprint density at radius 1 is 0.412 bits per heavy atom. The summed E-state index contributed by atoms with van der Waals surface area (Å²) in [5, 5.41) is 0. The first-order valence-corrected chi connectivity index (χ1v) is 12.0. The van der Waals surface area contributed by atoms with Gasteiger partial charge in [0.25, 0.3) is 0 Å². The zero-order valence-electron chi connectivity index (χ0n) is 19.8. The fraction of sp³-hybridized carbons (Fsp3) is 0.267. The van der Waals surface area contributed by atoms with Crippen molar-refractivity contribution in [1.29, 1.82) is 0 Å². The summed E-state index contributed by atoms with van der Waals surface area (Å²) in [4.78, 5) is 0. The maximum absolute atomic E-state index is 5.74. The zero-order valence-corrected chi connectivity index (χ0v) is 19.8. The van der Waals surface area contributed by atoms with E-state index in [1.165, 1.54) is 22.3 Å². The summed E-state index contributed by atoms with van der Waals surface area (Å²) in [5.41, 5.74) is 5.31. The van der Waals surface area contributed by atoms with E-state index in [4.69, 9.17) is 9.47 Å². The van der Waals surface area contributed by atoms with Crippen LogP contribution in [0, 0.1) is 0 Å². The van der Waals surface area contributed by atoms with Gasteiger partial charge in [0.15, 0.2) is 37.9 Å². The number of aromatic nitrogens is 2. The number of hydrogen-bond acceptors (Lipinski definition) is 2. The normalized spacial score (nSPS) is 10.9. The molecule has 174 valence electrons. The van der Waals surface area contributed by atoms with Gasteiger partial charge in [0.1, 0.15) is 13.2 Å². The molecule has 4 rings (SSSR count). The molecule has 0 spiro atoms. The van der Waals surface area contributed by atoms with E-state index >= 15 is 0 Å². The summed E-state index contributed by atoms with van der Waals surface area (Å²) in [5.74, 6) is 0. The van der Waals surface area contributed by atoms with Crippen molar-refractivity contribution in [3.8, 4) is 0 Å². The minimum absolute atomic E-state index is 0.618. The molecule has 4 heteroatoms. The molecular weight excluding hydrogens is 420 g/mol. The van der Waals surface area contributed by atoms with Crippen LogP contribution in [0.25, 0.3) is 0 Å². The summed E-state index contributed by atoms with van der Waals surface area (Å²) in [6, 6.07) is 29.8. The van der Waals surface area contributed by atoms with E-state index in [2.05, 4.69) is 119 Å². The Bertz CT molecular complexity index is 991. The van der Waals surface area contributed by atoms with Crippen molar-refractivity contribution >= 4 is 0 Å². The second kappa shape index (κ2) is 13.4. The Morgan fingerprint density at radius 3 is 1.15 bits per heavy atom. The average Bonchev–Trinajstić information content (AvgIpc) is 2.89. The molecule has 4 aromatic rings. The highest BCUT2D eigenvalue weighted by Crippen LogP contribution is 2.08. The van der Waals surface area contributed by atoms with Gasteiger partial charge in [-0.15, -0.1) is 0 Å². The molecule has 2 aromatic heterocycles. The SMILES string of the molecule is c1ccc(Cc2cc[n+](CCOCCOCC[n+]3ccc(Cc4ccccc4)cc3)cc2)cc1. The third kappa shape index (κ3) is 8.22. The van der Waals surface area contributed by atoms with Gasteiger partial charge in [0, 0.05) is 24.3 Å². The molecule has 4 nitrogen and oxygen atoms in total. The lowest BCUT2D eigenvalue weighted by atomic mass is 10.1. The van der Waals surface area contributed by atoms with Crippen molar-refractivity contribution in [3.05, 3.63) is 132 Å². The first-order chi connectivity index (χ1) is 16.8. The van der Waals surface area contributed by atoms with E-state index in [0.29, 0.717) is 26.4 Å². The van der Waals surface area contributed by atoms with Crippen LogP contribution in [-0.4, -0.2) is 26.4 Å².